The predicted octanol–water partition coefficient (Wildman–Crippen LogP) is 1.05. The molecule has 0 spiro atoms. The molecule has 0 N–H and O–H groups in total. The van der Waals surface area contributed by atoms with Gasteiger partial charge in [0.05, 0.1) is 0 Å². The average Bonchev–Trinajstić information content (AvgIpc) is 1.98. The number of aryl methyl sites for hydroxylation is 2. The summed E-state index contributed by atoms with van der Waals surface area (Å²) in [5.41, 5.74) is -0.132. The summed E-state index contributed by atoms with van der Waals surface area (Å²) < 4.78 is 6.59. The van der Waals surface area contributed by atoms with Crippen LogP contribution in [0.5, 0.6) is 0 Å². The molecular formula is C5H6BrNO2. The van der Waals surface area contributed by atoms with Crippen LogP contribution in [0.15, 0.2) is 13.8 Å². The van der Waals surface area contributed by atoms with Gasteiger partial charge in [0.25, 0.3) is 5.56 Å². The van der Waals surface area contributed by atoms with Crippen LogP contribution >= 0.6 is 15.9 Å². The minimum absolute atomic E-state index is 0.132. The van der Waals surface area contributed by atoms with E-state index in [0.29, 0.717) is 10.2 Å². The van der Waals surface area contributed by atoms with Crippen LogP contribution < -0.4 is 5.56 Å². The van der Waals surface area contributed by atoms with E-state index >= 15 is 0 Å². The molecule has 0 saturated carbocycles. The van der Waals surface area contributed by atoms with Crippen LogP contribution in [0.3, 0.4) is 0 Å². The fourth-order valence-electron chi connectivity index (χ4n) is 0.576. The van der Waals surface area contributed by atoms with Gasteiger partial charge in [-0.2, -0.15) is 4.74 Å². The highest BCUT2D eigenvalue weighted by Gasteiger charge is 2.05. The smallest absolute Gasteiger partial charge is 0.296 e. The minimum Gasteiger partial charge on any atom is -0.380 e. The Morgan fingerprint density at radius 3 is 2.33 bits per heavy atom. The summed E-state index contributed by atoms with van der Waals surface area (Å²) in [7, 11) is 1.57. The zero-order valence-corrected chi connectivity index (χ0v) is 6.73. The van der Waals surface area contributed by atoms with Gasteiger partial charge in [-0.15, -0.1) is 0 Å². The minimum atomic E-state index is -0.132. The van der Waals surface area contributed by atoms with Crippen LogP contribution in [0.25, 0.3) is 0 Å². The van der Waals surface area contributed by atoms with Crippen molar-refractivity contribution in [3.63, 3.8) is 0 Å². The Kier molecular flexibility index (Phi) is 1.48. The fourth-order valence-corrected chi connectivity index (χ4v) is 0.898. The summed E-state index contributed by atoms with van der Waals surface area (Å²) in [6.07, 6.45) is 0. The van der Waals surface area contributed by atoms with Gasteiger partial charge in [-0.1, -0.05) is 0 Å². The Hall–Kier alpha value is -0.510. The second-order valence-corrected chi connectivity index (χ2v) is 2.56. The van der Waals surface area contributed by atoms with Crippen molar-refractivity contribution < 1.29 is 4.52 Å². The molecule has 3 nitrogen and oxygen atoms in total. The SMILES string of the molecule is Cc1on(C)c(=O)c1Br. The van der Waals surface area contributed by atoms with Crippen LogP contribution in [0, 0.1) is 6.92 Å². The van der Waals surface area contributed by atoms with E-state index in [1.165, 1.54) is 4.74 Å². The Labute approximate surface area is 60.4 Å². The Bertz CT molecular complexity index is 273. The lowest BCUT2D eigenvalue weighted by molar-refractivity contribution is 0.283. The van der Waals surface area contributed by atoms with Crippen molar-refractivity contribution in [2.45, 2.75) is 6.92 Å². The van der Waals surface area contributed by atoms with Crippen molar-refractivity contribution in [2.75, 3.05) is 0 Å². The standard InChI is InChI=1S/C5H6BrNO2/c1-3-4(6)5(8)7(2)9-3/h1-2H3. The second-order valence-electron chi connectivity index (χ2n) is 1.76. The lowest BCUT2D eigenvalue weighted by Gasteiger charge is -1.80. The first kappa shape index (κ1) is 6.61. The summed E-state index contributed by atoms with van der Waals surface area (Å²) in [5.74, 6) is 0.613. The van der Waals surface area contributed by atoms with Gasteiger partial charge in [-0.05, 0) is 22.9 Å². The molecule has 1 aromatic heterocycles. The van der Waals surface area contributed by atoms with Gasteiger partial charge in [0.15, 0.2) is 0 Å². The van der Waals surface area contributed by atoms with Crippen LogP contribution in [0.1, 0.15) is 5.76 Å². The molecule has 0 aliphatic rings. The van der Waals surface area contributed by atoms with E-state index in [2.05, 4.69) is 15.9 Å². The van der Waals surface area contributed by atoms with Gasteiger partial charge in [0.2, 0.25) is 0 Å². The molecule has 0 saturated heterocycles. The van der Waals surface area contributed by atoms with Crippen molar-refractivity contribution >= 4 is 15.9 Å². The Morgan fingerprint density at radius 1 is 1.67 bits per heavy atom. The zero-order chi connectivity index (χ0) is 7.02. The average molecular weight is 192 g/mol. The third-order valence-corrected chi connectivity index (χ3v) is 1.95. The molecule has 0 unspecified atom stereocenters. The van der Waals surface area contributed by atoms with Gasteiger partial charge in [-0.3, -0.25) is 4.79 Å². The summed E-state index contributed by atoms with van der Waals surface area (Å²) >= 11 is 3.07. The van der Waals surface area contributed by atoms with Crippen LogP contribution in [0.2, 0.25) is 0 Å². The maximum atomic E-state index is 10.8. The fraction of sp³-hybridized carbons (Fsp3) is 0.400. The topological polar surface area (TPSA) is 35.1 Å². The number of hydrogen-bond donors (Lipinski definition) is 0. The second kappa shape index (κ2) is 2.02. The van der Waals surface area contributed by atoms with Gasteiger partial charge >= 0.3 is 0 Å². The molecule has 0 amide bonds. The van der Waals surface area contributed by atoms with Gasteiger partial charge < -0.3 is 4.52 Å². The third kappa shape index (κ3) is 0.941. The van der Waals surface area contributed by atoms with Crippen LogP contribution in [-0.4, -0.2) is 4.74 Å². The maximum absolute atomic E-state index is 10.8. The molecule has 9 heavy (non-hydrogen) atoms. The number of rotatable bonds is 0. The van der Waals surface area contributed by atoms with Gasteiger partial charge in [-0.25, -0.2) is 0 Å². The van der Waals surface area contributed by atoms with Crippen molar-refractivity contribution in [1.82, 2.24) is 4.74 Å². The third-order valence-electron chi connectivity index (χ3n) is 1.06. The molecule has 1 rings (SSSR count). The van der Waals surface area contributed by atoms with E-state index in [1.54, 1.807) is 14.0 Å². The molecule has 0 aliphatic heterocycles. The molecule has 0 aliphatic carbocycles. The molecule has 0 aromatic carbocycles. The highest BCUT2D eigenvalue weighted by Crippen LogP contribution is 2.08. The summed E-state index contributed by atoms with van der Waals surface area (Å²) in [4.78, 5) is 10.8. The largest absolute Gasteiger partial charge is 0.380 e. The summed E-state index contributed by atoms with van der Waals surface area (Å²) in [6.45, 7) is 1.73. The van der Waals surface area contributed by atoms with E-state index in [-0.39, 0.29) is 5.56 Å². The van der Waals surface area contributed by atoms with Crippen molar-refractivity contribution in [2.24, 2.45) is 7.05 Å². The monoisotopic (exact) mass is 191 g/mol. The summed E-state index contributed by atoms with van der Waals surface area (Å²) in [6, 6.07) is 0. The van der Waals surface area contributed by atoms with Crippen LogP contribution in [-0.2, 0) is 7.05 Å². The first-order valence-electron chi connectivity index (χ1n) is 2.45. The van der Waals surface area contributed by atoms with E-state index in [4.69, 9.17) is 4.52 Å². The molecule has 1 aromatic rings. The van der Waals surface area contributed by atoms with Gasteiger partial charge in [0.1, 0.15) is 10.2 Å². The number of hydrogen-bond acceptors (Lipinski definition) is 2. The predicted molar refractivity (Wildman–Crippen MR) is 36.4 cm³/mol. The maximum Gasteiger partial charge on any atom is 0.296 e. The molecule has 0 atom stereocenters. The molecule has 0 bridgehead atoms. The van der Waals surface area contributed by atoms with E-state index in [0.717, 1.165) is 0 Å². The lowest BCUT2D eigenvalue weighted by Crippen LogP contribution is -2.09. The molecule has 4 heteroatoms. The van der Waals surface area contributed by atoms with Crippen molar-refractivity contribution in [3.8, 4) is 0 Å². The van der Waals surface area contributed by atoms with Crippen molar-refractivity contribution in [3.05, 3.63) is 20.6 Å². The Balaban J connectivity index is 3.48. The zero-order valence-electron chi connectivity index (χ0n) is 5.14. The molecule has 1 heterocycles. The first-order chi connectivity index (χ1) is 4.13. The van der Waals surface area contributed by atoms with E-state index in [1.807, 2.05) is 0 Å². The van der Waals surface area contributed by atoms with E-state index in [9.17, 15) is 4.79 Å². The van der Waals surface area contributed by atoms with Crippen LogP contribution in [0.4, 0.5) is 0 Å². The first-order valence-corrected chi connectivity index (χ1v) is 3.24. The van der Waals surface area contributed by atoms with Crippen molar-refractivity contribution in [1.29, 1.82) is 0 Å². The number of nitrogens with zero attached hydrogens (tertiary/aromatic N) is 1. The number of aromatic nitrogens is 1. The highest BCUT2D eigenvalue weighted by molar-refractivity contribution is 9.10. The molecule has 0 fully saturated rings. The normalized spacial score (nSPS) is 10.1. The Morgan fingerprint density at radius 2 is 2.22 bits per heavy atom. The molecule has 0 radical (unpaired) electrons. The molecular weight excluding hydrogens is 186 g/mol. The quantitative estimate of drug-likeness (QED) is 0.615. The van der Waals surface area contributed by atoms with Gasteiger partial charge in [0, 0.05) is 7.05 Å². The van der Waals surface area contributed by atoms with E-state index < -0.39 is 0 Å². The summed E-state index contributed by atoms with van der Waals surface area (Å²) in [5, 5.41) is 0. The number of halogens is 1. The molecule has 50 valence electrons. The highest BCUT2D eigenvalue weighted by atomic mass is 79.9. The lowest BCUT2D eigenvalue weighted by atomic mass is 10.5.